The molecule has 0 aromatic heterocycles. The molecule has 2 aliphatic carbocycles. The monoisotopic (exact) mass is 266 g/mol. The number of fused-ring (bicyclic) bond motifs is 2. The van der Waals surface area contributed by atoms with E-state index in [1.807, 2.05) is 0 Å². The summed E-state index contributed by atoms with van der Waals surface area (Å²) >= 11 is 0. The highest BCUT2D eigenvalue weighted by Crippen LogP contribution is 2.60. The van der Waals surface area contributed by atoms with Gasteiger partial charge in [-0.05, 0) is 29.2 Å². The quantitative estimate of drug-likeness (QED) is 0.704. The highest BCUT2D eigenvalue weighted by atomic mass is 16.5. The van der Waals surface area contributed by atoms with Crippen molar-refractivity contribution in [2.24, 2.45) is 16.7 Å². The molecule has 4 nitrogen and oxygen atoms in total. The topological polar surface area (TPSA) is 66.8 Å². The molecule has 0 saturated heterocycles. The summed E-state index contributed by atoms with van der Waals surface area (Å²) in [6, 6.07) is 0. The molecule has 1 saturated carbocycles. The smallest absolute Gasteiger partial charge is 0.334 e. The van der Waals surface area contributed by atoms with Crippen molar-refractivity contribution in [3.63, 3.8) is 0 Å². The zero-order valence-electron chi connectivity index (χ0n) is 11.6. The van der Waals surface area contributed by atoms with E-state index in [1.54, 1.807) is 0 Å². The summed E-state index contributed by atoms with van der Waals surface area (Å²) in [7, 11) is 0. The van der Waals surface area contributed by atoms with E-state index in [2.05, 4.69) is 13.8 Å². The fourth-order valence-electron chi connectivity index (χ4n) is 4.82. The van der Waals surface area contributed by atoms with Gasteiger partial charge in [0, 0.05) is 24.5 Å². The lowest BCUT2D eigenvalue weighted by atomic mass is 9.49. The molecular formula is C15H22O4. The van der Waals surface area contributed by atoms with Crippen LogP contribution in [0.4, 0.5) is 0 Å². The molecule has 4 heteroatoms. The maximum Gasteiger partial charge on any atom is 0.334 e. The highest BCUT2D eigenvalue weighted by molar-refractivity contribution is 5.92. The predicted molar refractivity (Wildman–Crippen MR) is 69.2 cm³/mol. The van der Waals surface area contributed by atoms with Gasteiger partial charge in [0.05, 0.1) is 6.10 Å². The Morgan fingerprint density at radius 1 is 1.37 bits per heavy atom. The van der Waals surface area contributed by atoms with Crippen LogP contribution >= 0.6 is 0 Å². The van der Waals surface area contributed by atoms with Crippen molar-refractivity contribution in [2.45, 2.75) is 45.6 Å². The third-order valence-corrected chi connectivity index (χ3v) is 5.69. The number of hydrogen-bond acceptors (Lipinski definition) is 4. The van der Waals surface area contributed by atoms with Crippen LogP contribution in [0.25, 0.3) is 0 Å². The molecule has 0 radical (unpaired) electrons. The Kier molecular flexibility index (Phi) is 2.81. The first-order chi connectivity index (χ1) is 8.92. The van der Waals surface area contributed by atoms with E-state index in [9.17, 15) is 15.0 Å². The summed E-state index contributed by atoms with van der Waals surface area (Å²) in [6.45, 7) is 4.64. The van der Waals surface area contributed by atoms with E-state index in [0.29, 0.717) is 18.6 Å². The lowest BCUT2D eigenvalue weighted by molar-refractivity contribution is -0.136. The minimum atomic E-state index is -0.563. The summed E-state index contributed by atoms with van der Waals surface area (Å²) in [5, 5.41) is 20.3. The number of esters is 1. The number of aliphatic hydroxyl groups excluding tert-OH is 2. The van der Waals surface area contributed by atoms with Crippen LogP contribution in [0, 0.1) is 16.7 Å². The molecule has 0 aromatic rings. The molecule has 0 aromatic carbocycles. The second-order valence-corrected chi connectivity index (χ2v) is 6.87. The number of carbonyl (C=O) groups excluding carboxylic acids is 1. The third-order valence-electron chi connectivity index (χ3n) is 5.69. The van der Waals surface area contributed by atoms with Crippen molar-refractivity contribution >= 4 is 5.97 Å². The molecule has 2 N–H and O–H groups in total. The first-order valence-corrected chi connectivity index (χ1v) is 7.11. The van der Waals surface area contributed by atoms with E-state index in [1.165, 1.54) is 0 Å². The van der Waals surface area contributed by atoms with Crippen LogP contribution in [0.1, 0.15) is 39.5 Å². The zero-order valence-corrected chi connectivity index (χ0v) is 11.6. The summed E-state index contributed by atoms with van der Waals surface area (Å²) in [5.41, 5.74) is 1.28. The van der Waals surface area contributed by atoms with E-state index in [4.69, 9.17) is 4.74 Å². The molecule has 0 unspecified atom stereocenters. The summed E-state index contributed by atoms with van der Waals surface area (Å²) in [5.74, 6) is -0.253. The Morgan fingerprint density at radius 3 is 2.79 bits per heavy atom. The molecule has 19 heavy (non-hydrogen) atoms. The number of ether oxygens (including phenoxy) is 1. The largest absolute Gasteiger partial charge is 0.458 e. The van der Waals surface area contributed by atoms with E-state index < -0.39 is 6.10 Å². The lowest BCUT2D eigenvalue weighted by Gasteiger charge is -2.56. The molecule has 0 amide bonds. The van der Waals surface area contributed by atoms with Crippen LogP contribution < -0.4 is 0 Å². The first-order valence-electron chi connectivity index (χ1n) is 7.11. The number of cyclic esters (lactones) is 1. The summed E-state index contributed by atoms with van der Waals surface area (Å²) in [6.07, 6.45) is 2.72. The van der Waals surface area contributed by atoms with Gasteiger partial charge in [0.15, 0.2) is 0 Å². The van der Waals surface area contributed by atoms with Crippen LogP contribution in [-0.2, 0) is 9.53 Å². The van der Waals surface area contributed by atoms with Gasteiger partial charge < -0.3 is 14.9 Å². The van der Waals surface area contributed by atoms with Crippen molar-refractivity contribution in [3.8, 4) is 0 Å². The molecule has 106 valence electrons. The molecule has 0 bridgehead atoms. The second-order valence-electron chi connectivity index (χ2n) is 6.87. The van der Waals surface area contributed by atoms with Crippen molar-refractivity contribution in [2.75, 3.05) is 13.2 Å². The van der Waals surface area contributed by atoms with Gasteiger partial charge in [0.1, 0.15) is 6.61 Å². The van der Waals surface area contributed by atoms with Crippen LogP contribution in [0.15, 0.2) is 11.1 Å². The number of hydrogen-bond donors (Lipinski definition) is 2. The fourth-order valence-corrected chi connectivity index (χ4v) is 4.82. The molecule has 0 spiro atoms. The fraction of sp³-hybridized carbons (Fsp3) is 0.800. The van der Waals surface area contributed by atoms with Crippen LogP contribution in [0.5, 0.6) is 0 Å². The molecule has 1 aliphatic heterocycles. The van der Waals surface area contributed by atoms with Crippen molar-refractivity contribution in [1.82, 2.24) is 0 Å². The Hall–Kier alpha value is -0.870. The first kappa shape index (κ1) is 13.1. The standard InChI is InChI=1S/C15H22O4/c1-14(8-16)4-3-5-15(2)10-7-19-13(18)9(10)6-11(17)12(14)15/h11-12,16-17H,3-8H2,1-2H3/t11-,12-,14+,15+/m0/s1. The van der Waals surface area contributed by atoms with Gasteiger partial charge in [0.25, 0.3) is 0 Å². The molecule has 3 aliphatic rings. The number of carbonyl (C=O) groups is 1. The van der Waals surface area contributed by atoms with E-state index in [0.717, 1.165) is 24.8 Å². The minimum absolute atomic E-state index is 0.00648. The Balaban J connectivity index is 2.10. The van der Waals surface area contributed by atoms with Crippen LogP contribution in [-0.4, -0.2) is 35.5 Å². The molecule has 1 fully saturated rings. The molecule has 3 rings (SSSR count). The van der Waals surface area contributed by atoms with Gasteiger partial charge in [-0.25, -0.2) is 4.79 Å². The van der Waals surface area contributed by atoms with Gasteiger partial charge in [0.2, 0.25) is 0 Å². The normalized spacial score (nSPS) is 45.8. The molecular weight excluding hydrogens is 244 g/mol. The van der Waals surface area contributed by atoms with Gasteiger partial charge >= 0.3 is 5.97 Å². The van der Waals surface area contributed by atoms with Crippen molar-refractivity contribution in [1.29, 1.82) is 0 Å². The van der Waals surface area contributed by atoms with Gasteiger partial charge in [-0.1, -0.05) is 20.3 Å². The highest BCUT2D eigenvalue weighted by Gasteiger charge is 2.58. The second kappa shape index (κ2) is 4.06. The minimum Gasteiger partial charge on any atom is -0.458 e. The van der Waals surface area contributed by atoms with E-state index in [-0.39, 0.29) is 29.3 Å². The van der Waals surface area contributed by atoms with Gasteiger partial charge in [-0.2, -0.15) is 0 Å². The average Bonchev–Trinajstić information content (AvgIpc) is 2.71. The lowest BCUT2D eigenvalue weighted by Crippen LogP contribution is -2.54. The Labute approximate surface area is 113 Å². The number of aliphatic hydroxyl groups is 2. The maximum absolute atomic E-state index is 11.8. The average molecular weight is 266 g/mol. The molecule has 4 atom stereocenters. The maximum atomic E-state index is 11.8. The van der Waals surface area contributed by atoms with Gasteiger partial charge in [-0.15, -0.1) is 0 Å². The third kappa shape index (κ3) is 1.62. The van der Waals surface area contributed by atoms with Crippen LogP contribution in [0.2, 0.25) is 0 Å². The Morgan fingerprint density at radius 2 is 2.11 bits per heavy atom. The number of rotatable bonds is 1. The Bertz CT molecular complexity index is 455. The molecule has 1 heterocycles. The SMILES string of the molecule is C[C@]1(CO)CCC[C@]2(C)C3=C(C[C@H](O)[C@@H]12)C(=O)OC3. The van der Waals surface area contributed by atoms with Crippen molar-refractivity contribution in [3.05, 3.63) is 11.1 Å². The van der Waals surface area contributed by atoms with Gasteiger partial charge in [-0.3, -0.25) is 0 Å². The summed E-state index contributed by atoms with van der Waals surface area (Å²) < 4.78 is 5.18. The van der Waals surface area contributed by atoms with Crippen LogP contribution in [0.3, 0.4) is 0 Å². The summed E-state index contributed by atoms with van der Waals surface area (Å²) in [4.78, 5) is 11.8. The predicted octanol–water partition coefficient (Wildman–Crippen LogP) is 1.41. The van der Waals surface area contributed by atoms with Crippen molar-refractivity contribution < 1.29 is 19.7 Å². The van der Waals surface area contributed by atoms with E-state index >= 15 is 0 Å². The zero-order chi connectivity index (χ0) is 13.8.